The maximum Gasteiger partial charge on any atom is 0.248 e. The van der Waals surface area contributed by atoms with Crippen molar-refractivity contribution < 1.29 is 22.5 Å². The van der Waals surface area contributed by atoms with E-state index >= 15 is 0 Å². The van der Waals surface area contributed by atoms with Gasteiger partial charge in [0.2, 0.25) is 15.9 Å². The number of aryl methyl sites for hydroxylation is 2. The summed E-state index contributed by atoms with van der Waals surface area (Å²) >= 11 is 0. The zero-order chi connectivity index (χ0) is 20.3. The Balaban J connectivity index is 1.61. The van der Waals surface area contributed by atoms with E-state index < -0.39 is 10.0 Å². The molecule has 1 saturated heterocycles. The zero-order valence-electron chi connectivity index (χ0n) is 16.1. The number of benzene rings is 1. The van der Waals surface area contributed by atoms with E-state index in [0.717, 1.165) is 11.3 Å². The Morgan fingerprint density at radius 3 is 2.32 bits per heavy atom. The average Bonchev–Trinajstić information content (AvgIpc) is 3.05. The Labute approximate surface area is 164 Å². The number of methoxy groups -OCH3 is 1. The Hall–Kier alpha value is -2.65. The quantitative estimate of drug-likeness (QED) is 0.705. The molecule has 0 spiro atoms. The SMILES string of the molecule is COc1ccc(/C=C/C(=O)N2CCN(S(=O)(=O)c3c(C)noc3C)CC2)cc1. The minimum atomic E-state index is -3.68. The predicted molar refractivity (Wildman–Crippen MR) is 103 cm³/mol. The van der Waals surface area contributed by atoms with Crippen LogP contribution < -0.4 is 4.74 Å². The number of aromatic nitrogens is 1. The fourth-order valence-electron chi connectivity index (χ4n) is 3.11. The Morgan fingerprint density at radius 1 is 1.14 bits per heavy atom. The fourth-order valence-corrected chi connectivity index (χ4v) is 4.82. The van der Waals surface area contributed by atoms with Crippen molar-refractivity contribution in [3.05, 3.63) is 47.4 Å². The highest BCUT2D eigenvalue weighted by molar-refractivity contribution is 7.89. The first-order chi connectivity index (χ1) is 13.3. The van der Waals surface area contributed by atoms with E-state index in [9.17, 15) is 13.2 Å². The van der Waals surface area contributed by atoms with Gasteiger partial charge in [0.05, 0.1) is 7.11 Å². The molecule has 150 valence electrons. The number of ether oxygens (including phenoxy) is 1. The molecule has 8 nitrogen and oxygen atoms in total. The average molecular weight is 405 g/mol. The lowest BCUT2D eigenvalue weighted by Gasteiger charge is -2.33. The van der Waals surface area contributed by atoms with Gasteiger partial charge in [-0.2, -0.15) is 4.31 Å². The second kappa shape index (κ2) is 8.15. The number of piperazine rings is 1. The topological polar surface area (TPSA) is 93.0 Å². The Bertz CT molecular complexity index is 952. The lowest BCUT2D eigenvalue weighted by atomic mass is 10.2. The first kappa shape index (κ1) is 20.1. The number of hydrogen-bond acceptors (Lipinski definition) is 6. The van der Waals surface area contributed by atoms with E-state index in [1.807, 2.05) is 24.3 Å². The van der Waals surface area contributed by atoms with E-state index in [0.29, 0.717) is 18.8 Å². The highest BCUT2D eigenvalue weighted by atomic mass is 32.2. The van der Waals surface area contributed by atoms with Crippen LogP contribution >= 0.6 is 0 Å². The third-order valence-corrected chi connectivity index (χ3v) is 6.79. The maximum absolute atomic E-state index is 12.8. The third-order valence-electron chi connectivity index (χ3n) is 4.65. The zero-order valence-corrected chi connectivity index (χ0v) is 16.9. The van der Waals surface area contributed by atoms with Crippen molar-refractivity contribution in [3.8, 4) is 5.75 Å². The molecule has 0 saturated carbocycles. The van der Waals surface area contributed by atoms with Crippen molar-refractivity contribution in [1.82, 2.24) is 14.4 Å². The highest BCUT2D eigenvalue weighted by Gasteiger charge is 2.33. The first-order valence-electron chi connectivity index (χ1n) is 8.87. The summed E-state index contributed by atoms with van der Waals surface area (Å²) in [4.78, 5) is 14.2. The van der Waals surface area contributed by atoms with Crippen molar-refractivity contribution in [2.75, 3.05) is 33.3 Å². The number of sulfonamides is 1. The molecule has 2 aromatic rings. The highest BCUT2D eigenvalue weighted by Crippen LogP contribution is 2.24. The molecule has 1 amide bonds. The summed E-state index contributed by atoms with van der Waals surface area (Å²) in [5, 5.41) is 3.72. The van der Waals surface area contributed by atoms with Gasteiger partial charge < -0.3 is 14.2 Å². The molecule has 1 aromatic carbocycles. The minimum absolute atomic E-state index is 0.117. The predicted octanol–water partition coefficient (Wildman–Crippen LogP) is 1.85. The summed E-state index contributed by atoms with van der Waals surface area (Å²) in [5.41, 5.74) is 1.23. The number of rotatable bonds is 5. The number of nitrogens with zero attached hydrogens (tertiary/aromatic N) is 3. The van der Waals surface area contributed by atoms with Crippen molar-refractivity contribution in [2.24, 2.45) is 0 Å². The lowest BCUT2D eigenvalue weighted by molar-refractivity contribution is -0.127. The Morgan fingerprint density at radius 2 is 1.79 bits per heavy atom. The summed E-state index contributed by atoms with van der Waals surface area (Å²) in [6, 6.07) is 7.36. The van der Waals surface area contributed by atoms with Crippen molar-refractivity contribution in [2.45, 2.75) is 18.7 Å². The molecule has 0 unspecified atom stereocenters. The molecule has 1 aromatic heterocycles. The maximum atomic E-state index is 12.8. The summed E-state index contributed by atoms with van der Waals surface area (Å²) in [6.45, 7) is 4.30. The molecule has 0 atom stereocenters. The molecule has 28 heavy (non-hydrogen) atoms. The van der Waals surface area contributed by atoms with Gasteiger partial charge in [0, 0.05) is 32.3 Å². The van der Waals surface area contributed by atoms with Gasteiger partial charge in [-0.1, -0.05) is 17.3 Å². The summed E-state index contributed by atoms with van der Waals surface area (Å²) in [5.74, 6) is 0.878. The number of carbonyl (C=O) groups is 1. The first-order valence-corrected chi connectivity index (χ1v) is 10.3. The molecule has 1 aliphatic heterocycles. The van der Waals surface area contributed by atoms with Crippen LogP contribution in [-0.2, 0) is 14.8 Å². The van der Waals surface area contributed by atoms with Crippen LogP contribution in [0.4, 0.5) is 0 Å². The monoisotopic (exact) mass is 405 g/mol. The van der Waals surface area contributed by atoms with Gasteiger partial charge in [0.15, 0.2) is 5.76 Å². The normalized spacial score (nSPS) is 15.9. The van der Waals surface area contributed by atoms with Crippen LogP contribution in [0.2, 0.25) is 0 Å². The molecule has 0 aliphatic carbocycles. The molecule has 0 N–H and O–H groups in total. The number of amides is 1. The van der Waals surface area contributed by atoms with Gasteiger partial charge in [-0.3, -0.25) is 4.79 Å². The summed E-state index contributed by atoms with van der Waals surface area (Å²) < 4.78 is 37.1. The van der Waals surface area contributed by atoms with Crippen LogP contribution in [0.3, 0.4) is 0 Å². The van der Waals surface area contributed by atoms with Crippen LogP contribution in [0.25, 0.3) is 6.08 Å². The van der Waals surface area contributed by atoms with Crippen molar-refractivity contribution in [3.63, 3.8) is 0 Å². The second-order valence-electron chi connectivity index (χ2n) is 6.49. The van der Waals surface area contributed by atoms with Crippen LogP contribution in [0.15, 0.2) is 39.8 Å². The standard InChI is InChI=1S/C19H23N3O5S/c1-14-19(15(2)27-20-14)28(24,25)22-12-10-21(11-13-22)18(23)9-6-16-4-7-17(26-3)8-5-16/h4-9H,10-13H2,1-3H3/b9-6+. The van der Waals surface area contributed by atoms with Crippen molar-refractivity contribution in [1.29, 1.82) is 0 Å². The van der Waals surface area contributed by atoms with Crippen LogP contribution in [0, 0.1) is 13.8 Å². The molecular formula is C19H23N3O5S. The third kappa shape index (κ3) is 4.10. The van der Waals surface area contributed by atoms with Gasteiger partial charge in [-0.15, -0.1) is 0 Å². The van der Waals surface area contributed by atoms with E-state index in [1.165, 1.54) is 10.4 Å². The van der Waals surface area contributed by atoms with E-state index in [2.05, 4.69) is 5.16 Å². The molecule has 1 fully saturated rings. The molecule has 0 radical (unpaired) electrons. The molecular weight excluding hydrogens is 382 g/mol. The van der Waals surface area contributed by atoms with Gasteiger partial charge in [0.1, 0.15) is 16.3 Å². The molecule has 1 aliphatic rings. The summed E-state index contributed by atoms with van der Waals surface area (Å²) in [6.07, 6.45) is 3.23. The number of carbonyl (C=O) groups excluding carboxylic acids is 1. The molecule has 3 rings (SSSR count). The van der Waals surface area contributed by atoms with Crippen LogP contribution in [0.1, 0.15) is 17.0 Å². The van der Waals surface area contributed by atoms with Gasteiger partial charge in [-0.25, -0.2) is 8.42 Å². The largest absolute Gasteiger partial charge is 0.497 e. The molecule has 9 heteroatoms. The van der Waals surface area contributed by atoms with E-state index in [1.54, 1.807) is 31.9 Å². The fraction of sp³-hybridized carbons (Fsp3) is 0.368. The van der Waals surface area contributed by atoms with Gasteiger partial charge in [-0.05, 0) is 37.6 Å². The molecule has 0 bridgehead atoms. The van der Waals surface area contributed by atoms with Gasteiger partial charge in [0.25, 0.3) is 0 Å². The molecule has 2 heterocycles. The smallest absolute Gasteiger partial charge is 0.248 e. The van der Waals surface area contributed by atoms with E-state index in [-0.39, 0.29) is 29.7 Å². The van der Waals surface area contributed by atoms with E-state index in [4.69, 9.17) is 9.26 Å². The van der Waals surface area contributed by atoms with Crippen LogP contribution in [-0.4, -0.2) is 62.0 Å². The summed E-state index contributed by atoms with van der Waals surface area (Å²) in [7, 11) is -2.08. The minimum Gasteiger partial charge on any atom is -0.497 e. The number of hydrogen-bond donors (Lipinski definition) is 0. The van der Waals surface area contributed by atoms with Gasteiger partial charge >= 0.3 is 0 Å². The van der Waals surface area contributed by atoms with Crippen LogP contribution in [0.5, 0.6) is 5.75 Å². The van der Waals surface area contributed by atoms with Crippen molar-refractivity contribution >= 4 is 22.0 Å². The lowest BCUT2D eigenvalue weighted by Crippen LogP contribution is -2.50. The second-order valence-corrected chi connectivity index (χ2v) is 8.36. The Kier molecular flexibility index (Phi) is 5.85.